The van der Waals surface area contributed by atoms with E-state index in [9.17, 15) is 14.7 Å². The van der Waals surface area contributed by atoms with Gasteiger partial charge in [0.25, 0.3) is 0 Å². The van der Waals surface area contributed by atoms with E-state index in [0.717, 1.165) is 51.4 Å². The second-order valence-electron chi connectivity index (χ2n) is 6.93. The summed E-state index contributed by atoms with van der Waals surface area (Å²) in [6, 6.07) is 0. The predicted molar refractivity (Wildman–Crippen MR) is 117 cm³/mol. The molecule has 1 unspecified atom stereocenters. The number of hydrogen-bond acceptors (Lipinski definition) is 5. The number of aliphatic hydroxyl groups is 1. The van der Waals surface area contributed by atoms with Crippen LogP contribution in [-0.4, -0.2) is 36.4 Å². The van der Waals surface area contributed by atoms with Gasteiger partial charge in [-0.3, -0.25) is 9.59 Å². The average molecular weight is 409 g/mol. The average Bonchev–Trinajstić information content (AvgIpc) is 2.73. The highest BCUT2D eigenvalue weighted by Crippen LogP contribution is 2.09. The van der Waals surface area contributed by atoms with Crippen molar-refractivity contribution in [2.24, 2.45) is 0 Å². The van der Waals surface area contributed by atoms with Crippen molar-refractivity contribution in [3.05, 3.63) is 36.5 Å². The molecule has 0 amide bonds. The molecule has 0 aromatic rings. The topological polar surface area (TPSA) is 72.8 Å². The first-order chi connectivity index (χ1) is 14.1. The van der Waals surface area contributed by atoms with Crippen LogP contribution in [0, 0.1) is 0 Å². The quantitative estimate of drug-likeness (QED) is 0.186. The first kappa shape index (κ1) is 27.1. The van der Waals surface area contributed by atoms with Crippen molar-refractivity contribution < 1.29 is 24.2 Å². The number of rotatable bonds is 18. The van der Waals surface area contributed by atoms with E-state index in [1.807, 2.05) is 0 Å². The summed E-state index contributed by atoms with van der Waals surface area (Å²) in [6.07, 6.45) is 22.4. The fourth-order valence-electron chi connectivity index (χ4n) is 2.55. The van der Waals surface area contributed by atoms with Crippen molar-refractivity contribution in [1.29, 1.82) is 0 Å². The van der Waals surface area contributed by atoms with Gasteiger partial charge in [0.05, 0.1) is 6.61 Å². The van der Waals surface area contributed by atoms with E-state index in [-0.39, 0.29) is 31.6 Å². The molecule has 0 rings (SSSR count). The maximum atomic E-state index is 11.8. The van der Waals surface area contributed by atoms with Gasteiger partial charge in [0.2, 0.25) is 0 Å². The van der Waals surface area contributed by atoms with E-state index in [1.54, 1.807) is 6.92 Å². The third-order valence-electron chi connectivity index (χ3n) is 4.25. The van der Waals surface area contributed by atoms with Gasteiger partial charge in [0, 0.05) is 12.8 Å². The minimum absolute atomic E-state index is 0.0892. The number of carbonyl (C=O) groups is 2. The minimum atomic E-state index is -0.771. The molecular weight excluding hydrogens is 368 g/mol. The predicted octanol–water partition coefficient (Wildman–Crippen LogP) is 5.43. The highest BCUT2D eigenvalue weighted by molar-refractivity contribution is 5.70. The first-order valence-electron chi connectivity index (χ1n) is 11.0. The largest absolute Gasteiger partial charge is 0.462 e. The minimum Gasteiger partial charge on any atom is -0.462 e. The highest BCUT2D eigenvalue weighted by Gasteiger charge is 2.15. The van der Waals surface area contributed by atoms with E-state index < -0.39 is 6.10 Å². The Balaban J connectivity index is 3.57. The van der Waals surface area contributed by atoms with Gasteiger partial charge in [0.15, 0.2) is 6.10 Å². The van der Waals surface area contributed by atoms with Crippen LogP contribution in [0.4, 0.5) is 0 Å². The van der Waals surface area contributed by atoms with Crippen LogP contribution in [0.15, 0.2) is 36.5 Å². The molecule has 0 aromatic heterocycles. The number of esters is 2. The Kier molecular flexibility index (Phi) is 19.5. The fraction of sp³-hybridized carbons (Fsp3) is 0.667. The van der Waals surface area contributed by atoms with Crippen LogP contribution in [0.1, 0.15) is 84.5 Å². The van der Waals surface area contributed by atoms with Gasteiger partial charge < -0.3 is 14.6 Å². The fourth-order valence-corrected chi connectivity index (χ4v) is 2.55. The van der Waals surface area contributed by atoms with Crippen molar-refractivity contribution in [3.8, 4) is 0 Å². The third kappa shape index (κ3) is 19.2. The van der Waals surface area contributed by atoms with Crippen molar-refractivity contribution in [1.82, 2.24) is 0 Å². The standard InChI is InChI=1S/C24H40O5/c1-3-5-6-7-8-9-10-11-12-13-14-15-16-17-18-19-24(27)29-22(20-25)21-28-23(26)4-2/h5-6,8-9,11-12,22,25H,3-4,7,10,13-21H2,1-2H3/b6-5-,9-8-,12-11-. The molecule has 0 bridgehead atoms. The summed E-state index contributed by atoms with van der Waals surface area (Å²) < 4.78 is 10.0. The van der Waals surface area contributed by atoms with E-state index in [2.05, 4.69) is 43.4 Å². The summed E-state index contributed by atoms with van der Waals surface area (Å²) in [4.78, 5) is 22.9. The van der Waals surface area contributed by atoms with Crippen LogP contribution in [0.2, 0.25) is 0 Å². The van der Waals surface area contributed by atoms with Gasteiger partial charge in [-0.1, -0.05) is 69.6 Å². The van der Waals surface area contributed by atoms with Gasteiger partial charge >= 0.3 is 11.9 Å². The molecule has 166 valence electrons. The lowest BCUT2D eigenvalue weighted by Crippen LogP contribution is -2.28. The maximum absolute atomic E-state index is 11.8. The molecule has 0 saturated carbocycles. The maximum Gasteiger partial charge on any atom is 0.306 e. The summed E-state index contributed by atoms with van der Waals surface area (Å²) in [5.41, 5.74) is 0. The van der Waals surface area contributed by atoms with Gasteiger partial charge in [-0.2, -0.15) is 0 Å². The van der Waals surface area contributed by atoms with Crippen LogP contribution in [0.5, 0.6) is 0 Å². The van der Waals surface area contributed by atoms with Crippen LogP contribution >= 0.6 is 0 Å². The Morgan fingerprint density at radius 1 is 0.828 bits per heavy atom. The second-order valence-corrected chi connectivity index (χ2v) is 6.93. The zero-order valence-corrected chi connectivity index (χ0v) is 18.3. The van der Waals surface area contributed by atoms with E-state index >= 15 is 0 Å². The molecule has 0 aliphatic rings. The van der Waals surface area contributed by atoms with Gasteiger partial charge in [0.1, 0.15) is 6.61 Å². The van der Waals surface area contributed by atoms with Crippen LogP contribution in [0.3, 0.4) is 0 Å². The Hall–Kier alpha value is -1.88. The molecule has 0 fully saturated rings. The first-order valence-corrected chi connectivity index (χ1v) is 11.0. The smallest absolute Gasteiger partial charge is 0.306 e. The molecule has 0 spiro atoms. The van der Waals surface area contributed by atoms with Gasteiger partial charge in [-0.15, -0.1) is 0 Å². The molecule has 5 nitrogen and oxygen atoms in total. The Morgan fingerprint density at radius 3 is 2.10 bits per heavy atom. The molecule has 0 aliphatic carbocycles. The SMILES string of the molecule is CC/C=C\C/C=C\C/C=C\CCCCCCCC(=O)OC(CO)COC(=O)CC. The molecule has 0 radical (unpaired) electrons. The van der Waals surface area contributed by atoms with Crippen LogP contribution in [0.25, 0.3) is 0 Å². The number of ether oxygens (including phenoxy) is 2. The van der Waals surface area contributed by atoms with Crippen LogP contribution in [-0.2, 0) is 19.1 Å². The molecule has 0 saturated heterocycles. The lowest BCUT2D eigenvalue weighted by atomic mass is 10.1. The number of hydrogen-bond donors (Lipinski definition) is 1. The van der Waals surface area contributed by atoms with Gasteiger partial charge in [-0.25, -0.2) is 0 Å². The van der Waals surface area contributed by atoms with Crippen molar-refractivity contribution in [2.45, 2.75) is 90.6 Å². The zero-order valence-electron chi connectivity index (χ0n) is 18.3. The highest BCUT2D eigenvalue weighted by atomic mass is 16.6. The zero-order chi connectivity index (χ0) is 21.6. The summed E-state index contributed by atoms with van der Waals surface area (Å²) in [5.74, 6) is -0.719. The van der Waals surface area contributed by atoms with E-state index in [1.165, 1.54) is 6.42 Å². The lowest BCUT2D eigenvalue weighted by molar-refractivity contribution is -0.161. The Labute approximate surface area is 176 Å². The van der Waals surface area contributed by atoms with E-state index in [4.69, 9.17) is 9.47 Å². The molecule has 0 heterocycles. The summed E-state index contributed by atoms with van der Waals surface area (Å²) in [7, 11) is 0. The van der Waals surface area contributed by atoms with Crippen molar-refractivity contribution in [2.75, 3.05) is 13.2 Å². The molecule has 1 N–H and O–H groups in total. The molecule has 5 heteroatoms. The Morgan fingerprint density at radius 2 is 1.45 bits per heavy atom. The summed E-state index contributed by atoms with van der Waals surface area (Å²) in [5, 5.41) is 9.18. The number of aliphatic hydroxyl groups excluding tert-OH is 1. The molecule has 0 aromatic carbocycles. The second kappa shape index (κ2) is 20.8. The molecular formula is C24H40O5. The third-order valence-corrected chi connectivity index (χ3v) is 4.25. The normalized spacial score (nSPS) is 12.8. The number of unbranched alkanes of at least 4 members (excludes halogenated alkanes) is 5. The summed E-state index contributed by atoms with van der Waals surface area (Å²) in [6.45, 7) is 3.39. The molecule has 0 aliphatic heterocycles. The van der Waals surface area contributed by atoms with E-state index in [0.29, 0.717) is 6.42 Å². The molecule has 29 heavy (non-hydrogen) atoms. The van der Waals surface area contributed by atoms with Crippen LogP contribution < -0.4 is 0 Å². The monoisotopic (exact) mass is 408 g/mol. The number of allylic oxidation sites excluding steroid dienone is 6. The molecule has 1 atom stereocenters. The van der Waals surface area contributed by atoms with Crippen molar-refractivity contribution in [3.63, 3.8) is 0 Å². The van der Waals surface area contributed by atoms with Crippen molar-refractivity contribution >= 4 is 11.9 Å². The summed E-state index contributed by atoms with van der Waals surface area (Å²) >= 11 is 0. The Bertz CT molecular complexity index is 493. The lowest BCUT2D eigenvalue weighted by Gasteiger charge is -2.15. The number of carbonyl (C=O) groups excluding carboxylic acids is 2. The van der Waals surface area contributed by atoms with Gasteiger partial charge in [-0.05, 0) is 38.5 Å².